The maximum absolute atomic E-state index is 5.82. The lowest BCUT2D eigenvalue weighted by atomic mass is 10.4. The molecule has 3 heterocycles. The van der Waals surface area contributed by atoms with E-state index in [4.69, 9.17) is 5.73 Å². The van der Waals surface area contributed by atoms with E-state index < -0.39 is 0 Å². The van der Waals surface area contributed by atoms with Crippen LogP contribution in [0.4, 0.5) is 0 Å². The van der Waals surface area contributed by atoms with Crippen LogP contribution in [0.1, 0.15) is 17.1 Å². The summed E-state index contributed by atoms with van der Waals surface area (Å²) in [5.74, 6) is 0. The van der Waals surface area contributed by atoms with Crippen LogP contribution in [0.5, 0.6) is 0 Å². The molecule has 19 heavy (non-hydrogen) atoms. The van der Waals surface area contributed by atoms with E-state index in [1.807, 2.05) is 35.9 Å². The molecule has 3 aromatic heterocycles. The van der Waals surface area contributed by atoms with E-state index in [0.717, 1.165) is 32.2 Å². The summed E-state index contributed by atoms with van der Waals surface area (Å²) in [5, 5.41) is 3.61. The van der Waals surface area contributed by atoms with Gasteiger partial charge in [-0.15, -0.1) is 11.3 Å². The first kappa shape index (κ1) is 12.6. The molecular formula is C12H13N5S2. The van der Waals surface area contributed by atoms with Crippen LogP contribution in [0.25, 0.3) is 4.96 Å². The summed E-state index contributed by atoms with van der Waals surface area (Å²) < 4.78 is 2.02. The standard InChI is InChI=1S/C12H13N5S2/c1-7-5-8(2)15-11(14-7)19-10-9(6-13)17-3-4-18-12(17)16-10/h3-5H,6,13H2,1-2H3. The molecule has 0 aromatic carbocycles. The van der Waals surface area contributed by atoms with E-state index in [-0.39, 0.29) is 0 Å². The Morgan fingerprint density at radius 3 is 2.68 bits per heavy atom. The zero-order valence-electron chi connectivity index (χ0n) is 10.6. The zero-order chi connectivity index (χ0) is 13.4. The number of hydrogen-bond acceptors (Lipinski definition) is 6. The quantitative estimate of drug-likeness (QED) is 0.750. The molecule has 0 unspecified atom stereocenters. The molecular weight excluding hydrogens is 278 g/mol. The fourth-order valence-corrected chi connectivity index (χ4v) is 3.68. The average molecular weight is 291 g/mol. The normalized spacial score (nSPS) is 11.3. The first-order valence-corrected chi connectivity index (χ1v) is 7.51. The predicted molar refractivity (Wildman–Crippen MR) is 76.6 cm³/mol. The second kappa shape index (κ2) is 4.92. The van der Waals surface area contributed by atoms with Crippen molar-refractivity contribution in [3.05, 3.63) is 34.7 Å². The van der Waals surface area contributed by atoms with Crippen LogP contribution >= 0.6 is 23.1 Å². The molecule has 0 saturated heterocycles. The van der Waals surface area contributed by atoms with Crippen molar-refractivity contribution in [3.63, 3.8) is 0 Å². The summed E-state index contributed by atoms with van der Waals surface area (Å²) in [6, 6.07) is 1.96. The van der Waals surface area contributed by atoms with Crippen molar-refractivity contribution in [1.82, 2.24) is 19.4 Å². The minimum absolute atomic E-state index is 0.449. The van der Waals surface area contributed by atoms with E-state index in [2.05, 4.69) is 15.0 Å². The van der Waals surface area contributed by atoms with Gasteiger partial charge in [0.1, 0.15) is 5.03 Å². The number of aromatic nitrogens is 4. The lowest BCUT2D eigenvalue weighted by Crippen LogP contribution is -2.01. The van der Waals surface area contributed by atoms with Gasteiger partial charge in [0.15, 0.2) is 10.1 Å². The molecule has 0 aliphatic heterocycles. The Bertz CT molecular complexity index is 711. The monoisotopic (exact) mass is 291 g/mol. The number of rotatable bonds is 3. The Kier molecular flexibility index (Phi) is 3.26. The Labute approximate surface area is 118 Å². The lowest BCUT2D eigenvalue weighted by Gasteiger charge is -2.02. The first-order chi connectivity index (χ1) is 9.17. The molecule has 0 bridgehead atoms. The second-order valence-corrected chi connectivity index (χ2v) is 5.99. The number of thiazole rings is 1. The van der Waals surface area contributed by atoms with Crippen LogP contribution in [-0.2, 0) is 6.54 Å². The number of nitrogens with two attached hydrogens (primary N) is 1. The highest BCUT2D eigenvalue weighted by molar-refractivity contribution is 7.99. The van der Waals surface area contributed by atoms with Crippen LogP contribution in [0.2, 0.25) is 0 Å². The van der Waals surface area contributed by atoms with Crippen molar-refractivity contribution in [2.24, 2.45) is 5.73 Å². The Balaban J connectivity index is 2.02. The van der Waals surface area contributed by atoms with Crippen LogP contribution in [0.3, 0.4) is 0 Å². The first-order valence-electron chi connectivity index (χ1n) is 5.82. The van der Waals surface area contributed by atoms with Gasteiger partial charge in [0.25, 0.3) is 0 Å². The molecule has 0 radical (unpaired) electrons. The summed E-state index contributed by atoms with van der Waals surface area (Å²) in [6.07, 6.45) is 1.99. The van der Waals surface area contributed by atoms with Gasteiger partial charge in [0.05, 0.1) is 5.69 Å². The summed E-state index contributed by atoms with van der Waals surface area (Å²) in [6.45, 7) is 4.38. The number of imidazole rings is 1. The van der Waals surface area contributed by atoms with Crippen LogP contribution in [-0.4, -0.2) is 19.4 Å². The van der Waals surface area contributed by atoms with E-state index in [1.54, 1.807) is 11.3 Å². The van der Waals surface area contributed by atoms with Gasteiger partial charge in [-0.1, -0.05) is 0 Å². The Hall–Kier alpha value is -1.44. The molecule has 0 aliphatic carbocycles. The predicted octanol–water partition coefficient (Wildman–Crippen LogP) is 2.41. The smallest absolute Gasteiger partial charge is 0.194 e. The van der Waals surface area contributed by atoms with Crippen molar-refractivity contribution in [2.75, 3.05) is 0 Å². The third kappa shape index (κ3) is 2.36. The molecule has 0 fully saturated rings. The Morgan fingerprint density at radius 2 is 2.00 bits per heavy atom. The summed E-state index contributed by atoms with van der Waals surface area (Å²) in [5.41, 5.74) is 8.75. The van der Waals surface area contributed by atoms with E-state index in [1.165, 1.54) is 11.8 Å². The summed E-state index contributed by atoms with van der Waals surface area (Å²) in [4.78, 5) is 14.4. The summed E-state index contributed by atoms with van der Waals surface area (Å²) in [7, 11) is 0. The largest absolute Gasteiger partial charge is 0.325 e. The van der Waals surface area contributed by atoms with Crippen LogP contribution in [0, 0.1) is 13.8 Å². The topological polar surface area (TPSA) is 69.1 Å². The molecule has 98 valence electrons. The molecule has 3 aromatic rings. The maximum Gasteiger partial charge on any atom is 0.194 e. The van der Waals surface area contributed by atoms with Crippen molar-refractivity contribution < 1.29 is 0 Å². The van der Waals surface area contributed by atoms with E-state index in [9.17, 15) is 0 Å². The number of aryl methyl sites for hydroxylation is 2. The van der Waals surface area contributed by atoms with E-state index >= 15 is 0 Å². The minimum atomic E-state index is 0.449. The highest BCUT2D eigenvalue weighted by Crippen LogP contribution is 2.29. The number of hydrogen-bond donors (Lipinski definition) is 1. The number of nitrogens with zero attached hydrogens (tertiary/aromatic N) is 4. The molecule has 0 atom stereocenters. The maximum atomic E-state index is 5.82. The summed E-state index contributed by atoms with van der Waals surface area (Å²) >= 11 is 3.07. The van der Waals surface area contributed by atoms with Crippen LogP contribution in [0.15, 0.2) is 27.8 Å². The van der Waals surface area contributed by atoms with Gasteiger partial charge in [0, 0.05) is 29.5 Å². The van der Waals surface area contributed by atoms with Crippen molar-refractivity contribution in [2.45, 2.75) is 30.6 Å². The molecule has 7 heteroatoms. The second-order valence-electron chi connectivity index (χ2n) is 4.16. The van der Waals surface area contributed by atoms with Gasteiger partial charge in [0.2, 0.25) is 0 Å². The molecule has 0 aliphatic rings. The molecule has 3 rings (SSSR count). The van der Waals surface area contributed by atoms with Gasteiger partial charge in [-0.3, -0.25) is 4.40 Å². The van der Waals surface area contributed by atoms with Gasteiger partial charge in [-0.25, -0.2) is 15.0 Å². The molecule has 2 N–H and O–H groups in total. The third-order valence-electron chi connectivity index (χ3n) is 2.67. The van der Waals surface area contributed by atoms with Crippen LogP contribution < -0.4 is 5.73 Å². The molecule has 0 spiro atoms. The van der Waals surface area contributed by atoms with Crippen molar-refractivity contribution >= 4 is 28.1 Å². The third-order valence-corrected chi connectivity index (χ3v) is 4.31. The van der Waals surface area contributed by atoms with Gasteiger partial charge < -0.3 is 5.73 Å². The number of fused-ring (bicyclic) bond motifs is 1. The Morgan fingerprint density at radius 1 is 1.26 bits per heavy atom. The van der Waals surface area contributed by atoms with Crippen molar-refractivity contribution in [3.8, 4) is 0 Å². The van der Waals surface area contributed by atoms with Gasteiger partial charge in [-0.05, 0) is 31.7 Å². The van der Waals surface area contributed by atoms with Gasteiger partial charge >= 0.3 is 0 Å². The van der Waals surface area contributed by atoms with Gasteiger partial charge in [-0.2, -0.15) is 0 Å². The highest BCUT2D eigenvalue weighted by atomic mass is 32.2. The zero-order valence-corrected chi connectivity index (χ0v) is 12.3. The van der Waals surface area contributed by atoms with Crippen molar-refractivity contribution in [1.29, 1.82) is 0 Å². The molecule has 0 saturated carbocycles. The average Bonchev–Trinajstić information content (AvgIpc) is 2.87. The molecule has 5 nitrogen and oxygen atoms in total. The lowest BCUT2D eigenvalue weighted by molar-refractivity contribution is 0.889. The fraction of sp³-hybridized carbons (Fsp3) is 0.250. The SMILES string of the molecule is Cc1cc(C)nc(Sc2nc3sccn3c2CN)n1. The fourth-order valence-electron chi connectivity index (χ4n) is 1.91. The highest BCUT2D eigenvalue weighted by Gasteiger charge is 2.14. The minimum Gasteiger partial charge on any atom is -0.325 e. The molecule has 0 amide bonds. The van der Waals surface area contributed by atoms with E-state index in [0.29, 0.717) is 6.54 Å².